The van der Waals surface area contributed by atoms with Crippen LogP contribution in [0.3, 0.4) is 0 Å². The van der Waals surface area contributed by atoms with Gasteiger partial charge in [-0.3, -0.25) is 4.72 Å². The van der Waals surface area contributed by atoms with Gasteiger partial charge in [0.05, 0.1) is 16.2 Å². The molecule has 0 bridgehead atoms. The van der Waals surface area contributed by atoms with Crippen LogP contribution in [0.5, 0.6) is 0 Å². The Morgan fingerprint density at radius 1 is 1.04 bits per heavy atom. The Kier molecular flexibility index (Phi) is 5.44. The highest BCUT2D eigenvalue weighted by Gasteiger charge is 2.27. The number of sulfone groups is 1. The Morgan fingerprint density at radius 2 is 1.65 bits per heavy atom. The van der Waals surface area contributed by atoms with Crippen LogP contribution in [0.25, 0.3) is 0 Å². The van der Waals surface area contributed by atoms with E-state index in [0.29, 0.717) is 18.5 Å². The van der Waals surface area contributed by atoms with Gasteiger partial charge in [0.25, 0.3) is 0 Å². The molecule has 0 heterocycles. The average Bonchev–Trinajstić information content (AvgIpc) is 2.54. The van der Waals surface area contributed by atoms with Gasteiger partial charge < -0.3 is 0 Å². The van der Waals surface area contributed by atoms with E-state index in [4.69, 9.17) is 5.26 Å². The summed E-state index contributed by atoms with van der Waals surface area (Å²) in [6.07, 6.45) is 5.08. The molecule has 0 saturated heterocycles. The third kappa shape index (κ3) is 4.56. The van der Waals surface area contributed by atoms with E-state index in [-0.39, 0.29) is 4.90 Å². The Bertz CT molecular complexity index is 813. The van der Waals surface area contributed by atoms with Crippen molar-refractivity contribution in [2.45, 2.75) is 42.2 Å². The van der Waals surface area contributed by atoms with Gasteiger partial charge in [0.1, 0.15) is 0 Å². The fraction of sp³-hybridized carbons (Fsp3) is 0.400. The molecule has 1 aromatic carbocycles. The van der Waals surface area contributed by atoms with Gasteiger partial charge in [0.15, 0.2) is 0 Å². The number of hydrogen-bond donors (Lipinski definition) is 1. The fourth-order valence-corrected chi connectivity index (χ4v) is 5.03. The molecule has 1 aliphatic rings. The molecule has 1 N–H and O–H groups in total. The van der Waals surface area contributed by atoms with E-state index in [1.54, 1.807) is 6.07 Å². The van der Waals surface area contributed by atoms with Gasteiger partial charge in [-0.05, 0) is 37.1 Å². The molecule has 6 nitrogen and oxygen atoms in total. The first-order valence-corrected chi connectivity index (χ1v) is 10.4. The predicted molar refractivity (Wildman–Crippen MR) is 87.8 cm³/mol. The number of anilines is 1. The minimum atomic E-state index is -3.68. The lowest BCUT2D eigenvalue weighted by molar-refractivity contribution is 0.486. The Labute approximate surface area is 136 Å². The van der Waals surface area contributed by atoms with Crippen LogP contribution in [-0.4, -0.2) is 22.1 Å². The van der Waals surface area contributed by atoms with E-state index >= 15 is 0 Å². The topological polar surface area (TPSA) is 104 Å². The second kappa shape index (κ2) is 7.15. The molecule has 0 spiro atoms. The Hall–Kier alpha value is -1.85. The van der Waals surface area contributed by atoms with E-state index in [1.165, 1.54) is 24.3 Å². The van der Waals surface area contributed by atoms with E-state index in [1.807, 2.05) is 0 Å². The smallest absolute Gasteiger partial charge is 0.235 e. The number of allylic oxidation sites excluding steroid dienone is 1. The van der Waals surface area contributed by atoms with Crippen LogP contribution in [0.1, 0.15) is 32.1 Å². The number of nitriles is 1. The normalized spacial score (nSPS) is 17.0. The molecule has 1 fully saturated rings. The number of benzene rings is 1. The van der Waals surface area contributed by atoms with E-state index in [2.05, 4.69) is 4.72 Å². The summed E-state index contributed by atoms with van der Waals surface area (Å²) < 4.78 is 50.8. The number of nitrogens with zero attached hydrogens (tertiary/aromatic N) is 1. The van der Waals surface area contributed by atoms with Crippen molar-refractivity contribution < 1.29 is 16.8 Å². The Balaban J connectivity index is 2.14. The highest BCUT2D eigenvalue weighted by atomic mass is 32.2. The van der Waals surface area contributed by atoms with Crippen molar-refractivity contribution in [3.8, 4) is 6.07 Å². The zero-order valence-corrected chi connectivity index (χ0v) is 14.1. The van der Waals surface area contributed by atoms with Gasteiger partial charge in [-0.2, -0.15) is 5.26 Å². The van der Waals surface area contributed by atoms with Crippen LogP contribution in [-0.2, 0) is 19.9 Å². The molecule has 1 aliphatic carbocycles. The monoisotopic (exact) mass is 354 g/mol. The zero-order chi connectivity index (χ0) is 16.9. The first-order valence-electron chi connectivity index (χ1n) is 7.28. The van der Waals surface area contributed by atoms with Crippen LogP contribution in [0.2, 0.25) is 0 Å². The maximum Gasteiger partial charge on any atom is 0.235 e. The molecule has 0 unspecified atom stereocenters. The molecule has 2 rings (SSSR count). The van der Waals surface area contributed by atoms with Crippen molar-refractivity contribution in [2.24, 2.45) is 0 Å². The lowest BCUT2D eigenvalue weighted by Crippen LogP contribution is -2.29. The first kappa shape index (κ1) is 17.5. The first-order chi connectivity index (χ1) is 10.8. The minimum absolute atomic E-state index is 0.00427. The summed E-state index contributed by atoms with van der Waals surface area (Å²) in [5.41, 5.74) is 0.332. The number of hydrogen-bond acceptors (Lipinski definition) is 5. The summed E-state index contributed by atoms with van der Waals surface area (Å²) in [5, 5.41) is 8.82. The van der Waals surface area contributed by atoms with Crippen molar-refractivity contribution in [1.29, 1.82) is 5.26 Å². The predicted octanol–water partition coefficient (Wildman–Crippen LogP) is 2.57. The molecule has 0 atom stereocenters. The summed E-state index contributed by atoms with van der Waals surface area (Å²) in [6, 6.07) is 7.07. The van der Waals surface area contributed by atoms with Gasteiger partial charge >= 0.3 is 0 Å². The molecule has 0 aliphatic heterocycles. The molecule has 0 amide bonds. The van der Waals surface area contributed by atoms with Crippen molar-refractivity contribution in [3.63, 3.8) is 0 Å². The van der Waals surface area contributed by atoms with Gasteiger partial charge in [-0.25, -0.2) is 16.8 Å². The van der Waals surface area contributed by atoms with Gasteiger partial charge in [-0.15, -0.1) is 0 Å². The minimum Gasteiger partial charge on any atom is -0.283 e. The molecule has 1 saturated carbocycles. The van der Waals surface area contributed by atoms with E-state index in [0.717, 1.165) is 30.7 Å². The highest BCUT2D eigenvalue weighted by molar-refractivity contribution is 7.94. The molecule has 0 radical (unpaired) electrons. The molecule has 0 aromatic heterocycles. The summed E-state index contributed by atoms with van der Waals surface area (Å²) >= 11 is 0. The summed E-state index contributed by atoms with van der Waals surface area (Å²) in [4.78, 5) is 0.00427. The largest absolute Gasteiger partial charge is 0.283 e. The van der Waals surface area contributed by atoms with Gasteiger partial charge in [0.2, 0.25) is 19.9 Å². The van der Waals surface area contributed by atoms with Crippen molar-refractivity contribution in [2.75, 3.05) is 4.72 Å². The third-order valence-electron chi connectivity index (χ3n) is 3.76. The standard InChI is InChI=1S/C15H18N2O4S2/c16-11-4-12-22(18,19)14-9-7-13(8-10-14)17-23(20,21)15-5-2-1-3-6-15/h4,7-10,12,15,17H,1-3,5-6H2. The Morgan fingerprint density at radius 3 is 2.22 bits per heavy atom. The lowest BCUT2D eigenvalue weighted by atomic mass is 10.0. The van der Waals surface area contributed by atoms with Gasteiger partial charge in [-0.1, -0.05) is 19.3 Å². The summed E-state index contributed by atoms with van der Waals surface area (Å²) in [5.74, 6) is 0. The second-order valence-electron chi connectivity index (χ2n) is 5.41. The van der Waals surface area contributed by atoms with Crippen LogP contribution >= 0.6 is 0 Å². The van der Waals surface area contributed by atoms with Crippen LogP contribution < -0.4 is 4.72 Å². The summed E-state index contributed by atoms with van der Waals surface area (Å²) in [6.45, 7) is 0. The number of nitrogens with one attached hydrogen (secondary N) is 1. The molecule has 124 valence electrons. The number of rotatable bonds is 5. The van der Waals surface area contributed by atoms with Crippen LogP contribution in [0, 0.1) is 11.3 Å². The van der Waals surface area contributed by atoms with E-state index in [9.17, 15) is 16.8 Å². The quantitative estimate of drug-likeness (QED) is 0.818. The number of sulfonamides is 1. The molecular formula is C15H18N2O4S2. The lowest BCUT2D eigenvalue weighted by Gasteiger charge is -2.22. The maximum atomic E-state index is 12.3. The maximum absolute atomic E-state index is 12.3. The fourth-order valence-electron chi connectivity index (χ4n) is 2.53. The third-order valence-corrected chi connectivity index (χ3v) is 7.05. The second-order valence-corrected chi connectivity index (χ2v) is 9.20. The summed E-state index contributed by atoms with van der Waals surface area (Å²) in [7, 11) is -7.14. The zero-order valence-electron chi connectivity index (χ0n) is 12.5. The SMILES string of the molecule is N#CC=CS(=O)(=O)c1ccc(NS(=O)(=O)C2CCCCC2)cc1. The van der Waals surface area contributed by atoms with Crippen LogP contribution in [0.4, 0.5) is 5.69 Å². The van der Waals surface area contributed by atoms with Crippen molar-refractivity contribution in [1.82, 2.24) is 0 Å². The van der Waals surface area contributed by atoms with Crippen molar-refractivity contribution in [3.05, 3.63) is 35.7 Å². The molecular weight excluding hydrogens is 336 g/mol. The van der Waals surface area contributed by atoms with Crippen molar-refractivity contribution >= 4 is 25.5 Å². The molecule has 8 heteroatoms. The van der Waals surface area contributed by atoms with Crippen LogP contribution in [0.15, 0.2) is 40.6 Å². The molecule has 1 aromatic rings. The highest BCUT2D eigenvalue weighted by Crippen LogP contribution is 2.25. The molecule has 23 heavy (non-hydrogen) atoms. The van der Waals surface area contributed by atoms with Gasteiger partial charge in [0, 0.05) is 17.2 Å². The van der Waals surface area contributed by atoms with E-state index < -0.39 is 25.1 Å². The average molecular weight is 354 g/mol.